The number of hydrogen-bond acceptors (Lipinski definition) is 3. The van der Waals surface area contributed by atoms with Crippen molar-refractivity contribution in [3.63, 3.8) is 0 Å². The van der Waals surface area contributed by atoms with Gasteiger partial charge in [-0.3, -0.25) is 13.8 Å². The first-order valence-electron chi connectivity index (χ1n) is 6.21. The fourth-order valence-corrected chi connectivity index (χ4v) is 3.33. The van der Waals surface area contributed by atoms with Crippen molar-refractivity contribution in [1.29, 1.82) is 0 Å². The predicted molar refractivity (Wildman–Crippen MR) is 69.7 cm³/mol. The second-order valence-corrected chi connectivity index (χ2v) is 7.57. The zero-order valence-corrected chi connectivity index (χ0v) is 11.9. The highest BCUT2D eigenvalue weighted by molar-refractivity contribution is 7.88. The van der Waals surface area contributed by atoms with Crippen LogP contribution in [0.3, 0.4) is 0 Å². The average Bonchev–Trinajstić information content (AvgIpc) is 2.79. The number of carboxylic acid groups (broad SMARTS) is 1. The number of aliphatic carboxylic acids is 1. The van der Waals surface area contributed by atoms with E-state index in [2.05, 4.69) is 5.32 Å². The van der Waals surface area contributed by atoms with Crippen LogP contribution < -0.4 is 5.32 Å². The molecule has 0 aliphatic heterocycles. The van der Waals surface area contributed by atoms with Gasteiger partial charge in [-0.2, -0.15) is 0 Å². The summed E-state index contributed by atoms with van der Waals surface area (Å²) in [5.41, 5.74) is 0. The fraction of sp³-hybridized carbons (Fsp3) is 0.833. The number of nitrogens with one attached hydrogen (secondary N) is 1. The number of amides is 1. The molecule has 2 atom stereocenters. The van der Waals surface area contributed by atoms with Gasteiger partial charge in [0.15, 0.2) is 0 Å². The van der Waals surface area contributed by atoms with Crippen molar-refractivity contribution in [2.24, 2.45) is 0 Å². The standard InChI is InChI=1S/C12H21NO4S/c1-8(18(17)12(2,3)11(15)16)10(14)13-9-6-4-5-7-9/h8-9H,4-7H2,1-3H3,(H,13,14)(H,15,16). The minimum absolute atomic E-state index is 0.157. The van der Waals surface area contributed by atoms with Gasteiger partial charge in [0, 0.05) is 6.04 Å². The Morgan fingerprint density at radius 1 is 1.33 bits per heavy atom. The largest absolute Gasteiger partial charge is 0.480 e. The molecule has 0 spiro atoms. The Hall–Kier alpha value is -0.910. The Labute approximate surface area is 110 Å². The summed E-state index contributed by atoms with van der Waals surface area (Å²) >= 11 is 0. The average molecular weight is 275 g/mol. The molecule has 0 heterocycles. The van der Waals surface area contributed by atoms with Crippen molar-refractivity contribution in [2.75, 3.05) is 0 Å². The summed E-state index contributed by atoms with van der Waals surface area (Å²) in [7, 11) is -1.75. The molecule has 1 aliphatic carbocycles. The van der Waals surface area contributed by atoms with Gasteiger partial charge in [0.2, 0.25) is 5.91 Å². The normalized spacial score (nSPS) is 20.4. The van der Waals surface area contributed by atoms with Crippen molar-refractivity contribution in [2.45, 2.75) is 62.5 Å². The minimum Gasteiger partial charge on any atom is -0.480 e. The number of carbonyl (C=O) groups excluding carboxylic acids is 1. The Kier molecular flexibility index (Phi) is 4.90. The van der Waals surface area contributed by atoms with Crippen molar-refractivity contribution >= 4 is 22.7 Å². The van der Waals surface area contributed by atoms with Crippen LogP contribution in [0.2, 0.25) is 0 Å². The third-order valence-electron chi connectivity index (χ3n) is 3.41. The second kappa shape index (κ2) is 5.82. The van der Waals surface area contributed by atoms with Gasteiger partial charge in [-0.05, 0) is 33.6 Å². The van der Waals surface area contributed by atoms with Gasteiger partial charge in [-0.1, -0.05) is 12.8 Å². The first-order valence-corrected chi connectivity index (χ1v) is 7.42. The molecule has 0 aromatic carbocycles. The number of carboxylic acids is 1. The van der Waals surface area contributed by atoms with Crippen LogP contribution in [0.15, 0.2) is 0 Å². The molecular formula is C12H21NO4S. The minimum atomic E-state index is -1.75. The van der Waals surface area contributed by atoms with E-state index in [1.54, 1.807) is 0 Å². The Morgan fingerprint density at radius 3 is 2.28 bits per heavy atom. The maximum absolute atomic E-state index is 12.1. The first-order chi connectivity index (χ1) is 8.26. The number of rotatable bonds is 5. The molecule has 0 aromatic rings. The van der Waals surface area contributed by atoms with Crippen LogP contribution in [-0.4, -0.2) is 37.2 Å². The van der Waals surface area contributed by atoms with E-state index in [1.807, 2.05) is 0 Å². The summed E-state index contributed by atoms with van der Waals surface area (Å²) < 4.78 is 10.7. The molecule has 1 saturated carbocycles. The van der Waals surface area contributed by atoms with Crippen LogP contribution in [-0.2, 0) is 20.4 Å². The van der Waals surface area contributed by atoms with E-state index in [0.717, 1.165) is 25.7 Å². The fourth-order valence-electron chi connectivity index (χ4n) is 2.01. The summed E-state index contributed by atoms with van der Waals surface area (Å²) in [6.07, 6.45) is 4.10. The number of carbonyl (C=O) groups is 2. The monoisotopic (exact) mass is 275 g/mol. The summed E-state index contributed by atoms with van der Waals surface area (Å²) in [5, 5.41) is 11.0. The second-order valence-electron chi connectivity index (χ2n) is 5.25. The zero-order valence-electron chi connectivity index (χ0n) is 11.1. The van der Waals surface area contributed by atoms with Crippen LogP contribution in [0.1, 0.15) is 46.5 Å². The smallest absolute Gasteiger partial charge is 0.321 e. The van der Waals surface area contributed by atoms with Crippen LogP contribution >= 0.6 is 0 Å². The third-order valence-corrected chi connectivity index (χ3v) is 5.45. The topological polar surface area (TPSA) is 83.5 Å². The molecule has 6 heteroatoms. The Bertz CT molecular complexity index is 361. The van der Waals surface area contributed by atoms with Gasteiger partial charge < -0.3 is 10.4 Å². The lowest BCUT2D eigenvalue weighted by Crippen LogP contribution is -2.48. The molecule has 1 fully saturated rings. The van der Waals surface area contributed by atoms with Crippen LogP contribution in [0, 0.1) is 0 Å². The molecule has 1 aliphatic rings. The van der Waals surface area contributed by atoms with Crippen LogP contribution in [0.25, 0.3) is 0 Å². The van der Waals surface area contributed by atoms with E-state index in [-0.39, 0.29) is 11.9 Å². The molecular weight excluding hydrogens is 254 g/mol. The summed E-state index contributed by atoms with van der Waals surface area (Å²) in [4.78, 5) is 22.9. The van der Waals surface area contributed by atoms with Crippen LogP contribution in [0.4, 0.5) is 0 Å². The van der Waals surface area contributed by atoms with Crippen molar-refractivity contribution in [1.82, 2.24) is 5.32 Å². The lowest BCUT2D eigenvalue weighted by Gasteiger charge is -2.23. The molecule has 1 amide bonds. The first kappa shape index (κ1) is 15.1. The summed E-state index contributed by atoms with van der Waals surface area (Å²) in [5.74, 6) is -1.46. The summed E-state index contributed by atoms with van der Waals surface area (Å²) in [6, 6.07) is 0.157. The van der Waals surface area contributed by atoms with Gasteiger partial charge in [0.05, 0.1) is 10.8 Å². The van der Waals surface area contributed by atoms with Crippen LogP contribution in [0.5, 0.6) is 0 Å². The molecule has 0 aromatic heterocycles. The molecule has 18 heavy (non-hydrogen) atoms. The zero-order chi connectivity index (χ0) is 13.9. The quantitative estimate of drug-likeness (QED) is 0.785. The van der Waals surface area contributed by atoms with Gasteiger partial charge in [-0.25, -0.2) is 0 Å². The molecule has 2 unspecified atom stereocenters. The molecule has 1 rings (SSSR count). The molecule has 0 radical (unpaired) electrons. The lowest BCUT2D eigenvalue weighted by molar-refractivity contribution is -0.139. The van der Waals surface area contributed by atoms with E-state index in [1.165, 1.54) is 20.8 Å². The van der Waals surface area contributed by atoms with Crippen molar-refractivity contribution < 1.29 is 18.9 Å². The van der Waals surface area contributed by atoms with Crippen molar-refractivity contribution in [3.05, 3.63) is 0 Å². The van der Waals surface area contributed by atoms with E-state index in [4.69, 9.17) is 5.11 Å². The Balaban J connectivity index is 2.62. The molecule has 2 N–H and O–H groups in total. The third kappa shape index (κ3) is 3.31. The molecule has 0 bridgehead atoms. The Morgan fingerprint density at radius 2 is 1.83 bits per heavy atom. The molecule has 5 nitrogen and oxygen atoms in total. The van der Waals surface area contributed by atoms with Crippen molar-refractivity contribution in [3.8, 4) is 0 Å². The number of hydrogen-bond donors (Lipinski definition) is 2. The van der Waals surface area contributed by atoms with Gasteiger partial charge in [0.25, 0.3) is 0 Å². The molecule has 104 valence electrons. The maximum atomic E-state index is 12.1. The van der Waals surface area contributed by atoms with E-state index in [9.17, 15) is 13.8 Å². The van der Waals surface area contributed by atoms with Gasteiger partial charge in [-0.15, -0.1) is 0 Å². The molecule has 0 saturated heterocycles. The highest BCUT2D eigenvalue weighted by Crippen LogP contribution is 2.20. The van der Waals surface area contributed by atoms with Gasteiger partial charge in [0.1, 0.15) is 10.00 Å². The maximum Gasteiger partial charge on any atom is 0.321 e. The van der Waals surface area contributed by atoms with E-state index in [0.29, 0.717) is 0 Å². The SMILES string of the molecule is CC(C(=O)NC1CCCC1)S(=O)C(C)(C)C(=O)O. The lowest BCUT2D eigenvalue weighted by atomic mass is 10.2. The van der Waals surface area contributed by atoms with Gasteiger partial charge >= 0.3 is 5.97 Å². The predicted octanol–water partition coefficient (Wildman–Crippen LogP) is 1.05. The summed E-state index contributed by atoms with van der Waals surface area (Å²) in [6.45, 7) is 4.28. The van der Waals surface area contributed by atoms with E-state index < -0.39 is 26.8 Å². The van der Waals surface area contributed by atoms with E-state index >= 15 is 0 Å². The highest BCUT2D eigenvalue weighted by atomic mass is 32.2. The highest BCUT2D eigenvalue weighted by Gasteiger charge is 2.40.